The number of likely N-dealkylation sites (N-methyl/N-ethyl adjacent to an activating group) is 1. The highest BCUT2D eigenvalue weighted by Crippen LogP contribution is 2.39. The van der Waals surface area contributed by atoms with Crippen LogP contribution in [0, 0.1) is 5.92 Å². The van der Waals surface area contributed by atoms with Gasteiger partial charge in [-0.25, -0.2) is 4.57 Å². The highest BCUT2D eigenvalue weighted by atomic mass is 31.2. The second-order valence-electron chi connectivity index (χ2n) is 6.77. The molecule has 114 valence electrons. The zero-order valence-corrected chi connectivity index (χ0v) is 13.3. The molecule has 0 saturated heterocycles. The third kappa shape index (κ3) is 8.77. The van der Waals surface area contributed by atoms with Crippen LogP contribution < -0.4 is 0 Å². The van der Waals surface area contributed by atoms with Crippen LogP contribution in [-0.2, 0) is 9.09 Å². The third-order valence-corrected chi connectivity index (χ3v) is 4.23. The minimum absolute atomic E-state index is 0.359. The summed E-state index contributed by atoms with van der Waals surface area (Å²) in [6.07, 6.45) is 7.84. The predicted octanol–water partition coefficient (Wildman–Crippen LogP) is 2.53. The van der Waals surface area contributed by atoms with Gasteiger partial charge in [0.1, 0.15) is 12.6 Å². The average molecular weight is 294 g/mol. The minimum atomic E-state index is -4.39. The van der Waals surface area contributed by atoms with E-state index >= 15 is 0 Å². The molecule has 0 aromatic heterocycles. The fourth-order valence-electron chi connectivity index (χ4n) is 2.88. The second-order valence-corrected chi connectivity index (χ2v) is 7.96. The topological polar surface area (TPSA) is 66.8 Å². The summed E-state index contributed by atoms with van der Waals surface area (Å²) in [4.78, 5) is 18.0. The largest absolute Gasteiger partial charge is 0.470 e. The van der Waals surface area contributed by atoms with Crippen LogP contribution in [0.25, 0.3) is 0 Å². The first-order chi connectivity index (χ1) is 8.66. The van der Waals surface area contributed by atoms with Crippen molar-refractivity contribution in [3.8, 4) is 0 Å². The van der Waals surface area contributed by atoms with Crippen LogP contribution in [0.3, 0.4) is 0 Å². The highest BCUT2D eigenvalue weighted by Gasteiger charge is 2.28. The van der Waals surface area contributed by atoms with Crippen molar-refractivity contribution in [1.29, 1.82) is 0 Å². The first kappa shape index (κ1) is 17.1. The molecule has 0 bridgehead atoms. The maximum atomic E-state index is 11.0. The molecule has 2 N–H and O–H groups in total. The van der Waals surface area contributed by atoms with Crippen LogP contribution in [0.2, 0.25) is 0 Å². The molecule has 1 atom stereocenters. The maximum absolute atomic E-state index is 11.0. The van der Waals surface area contributed by atoms with Crippen LogP contribution in [0.1, 0.15) is 44.9 Å². The lowest BCUT2D eigenvalue weighted by atomic mass is 9.85. The van der Waals surface area contributed by atoms with Gasteiger partial charge in [0, 0.05) is 0 Å². The summed E-state index contributed by atoms with van der Waals surface area (Å²) < 4.78 is 16.6. The van der Waals surface area contributed by atoms with E-state index in [9.17, 15) is 4.57 Å². The number of rotatable bonds is 7. The molecule has 19 heavy (non-hydrogen) atoms. The maximum Gasteiger partial charge on any atom is 0.470 e. The van der Waals surface area contributed by atoms with Crippen molar-refractivity contribution in [1.82, 2.24) is 0 Å². The van der Waals surface area contributed by atoms with Crippen molar-refractivity contribution < 1.29 is 23.4 Å². The molecular weight excluding hydrogens is 265 g/mol. The first-order valence-corrected chi connectivity index (χ1v) is 8.73. The number of phosphoric ester groups is 1. The monoisotopic (exact) mass is 294 g/mol. The van der Waals surface area contributed by atoms with Gasteiger partial charge < -0.3 is 14.3 Å². The van der Waals surface area contributed by atoms with Gasteiger partial charge in [-0.15, -0.1) is 0 Å². The van der Waals surface area contributed by atoms with Crippen LogP contribution in [0.15, 0.2) is 0 Å². The quantitative estimate of drug-likeness (QED) is 0.559. The van der Waals surface area contributed by atoms with Gasteiger partial charge in [-0.2, -0.15) is 0 Å². The number of hydrogen-bond donors (Lipinski definition) is 2. The Bertz CT molecular complexity index is 304. The Labute approximate surface area is 116 Å². The van der Waals surface area contributed by atoms with Gasteiger partial charge in [0.25, 0.3) is 0 Å². The highest BCUT2D eigenvalue weighted by molar-refractivity contribution is 7.46. The Morgan fingerprint density at radius 1 is 1.21 bits per heavy atom. The molecule has 1 aliphatic rings. The molecule has 1 unspecified atom stereocenters. The summed E-state index contributed by atoms with van der Waals surface area (Å²) in [6, 6.07) is 0. The molecule has 0 spiro atoms. The van der Waals surface area contributed by atoms with Gasteiger partial charge in [-0.1, -0.05) is 32.1 Å². The number of hydrogen-bond acceptors (Lipinski definition) is 2. The fraction of sp³-hybridized carbons (Fsp3) is 1.00. The number of nitrogens with zero attached hydrogens (tertiary/aromatic N) is 1. The molecule has 0 radical (unpaired) electrons. The van der Waals surface area contributed by atoms with Crippen molar-refractivity contribution in [3.05, 3.63) is 0 Å². The molecule has 1 rings (SSSR count). The number of quaternary nitrogens is 1. The zero-order valence-electron chi connectivity index (χ0n) is 12.4. The molecule has 6 heteroatoms. The van der Waals surface area contributed by atoms with E-state index < -0.39 is 7.82 Å². The van der Waals surface area contributed by atoms with Gasteiger partial charge in [-0.3, -0.25) is 4.52 Å². The van der Waals surface area contributed by atoms with Gasteiger partial charge in [0.2, 0.25) is 0 Å². The Hall–Kier alpha value is 0.0700. The molecule has 5 nitrogen and oxygen atoms in total. The van der Waals surface area contributed by atoms with Crippen LogP contribution in [-0.4, -0.2) is 48.1 Å². The van der Waals surface area contributed by atoms with E-state index in [0.717, 1.165) is 12.8 Å². The Morgan fingerprint density at radius 2 is 1.79 bits per heavy atom. The summed E-state index contributed by atoms with van der Waals surface area (Å²) in [5.74, 6) is 0.712. The Morgan fingerprint density at radius 3 is 2.26 bits per heavy atom. The third-order valence-electron chi connectivity index (χ3n) is 3.66. The zero-order chi connectivity index (χ0) is 14.5. The van der Waals surface area contributed by atoms with Gasteiger partial charge in [-0.05, 0) is 18.8 Å². The molecule has 1 fully saturated rings. The molecular formula is C13H29NO4P+. The molecule has 1 aliphatic carbocycles. The summed E-state index contributed by atoms with van der Waals surface area (Å²) >= 11 is 0. The summed E-state index contributed by atoms with van der Waals surface area (Å²) in [6.45, 7) is 0.623. The lowest BCUT2D eigenvalue weighted by molar-refractivity contribution is -0.873. The lowest BCUT2D eigenvalue weighted by Crippen LogP contribution is -2.42. The number of phosphoric acid groups is 1. The molecule has 0 heterocycles. The van der Waals surface area contributed by atoms with E-state index in [1.165, 1.54) is 32.1 Å². The van der Waals surface area contributed by atoms with Crippen molar-refractivity contribution in [3.63, 3.8) is 0 Å². The van der Waals surface area contributed by atoms with E-state index in [1.54, 1.807) is 0 Å². The molecule has 0 amide bonds. The van der Waals surface area contributed by atoms with Gasteiger partial charge >= 0.3 is 7.82 Å². The molecule has 0 aromatic carbocycles. The van der Waals surface area contributed by atoms with Crippen LogP contribution in [0.4, 0.5) is 0 Å². The summed E-state index contributed by atoms with van der Waals surface area (Å²) in [7, 11) is 1.64. The van der Waals surface area contributed by atoms with E-state index in [2.05, 4.69) is 0 Å². The smallest absolute Gasteiger partial charge is 0.329 e. The van der Waals surface area contributed by atoms with Crippen molar-refractivity contribution >= 4 is 7.82 Å². The van der Waals surface area contributed by atoms with Gasteiger partial charge in [0.15, 0.2) is 0 Å². The molecule has 1 saturated carbocycles. The van der Waals surface area contributed by atoms with Crippen molar-refractivity contribution in [2.75, 3.05) is 27.7 Å². The SMILES string of the molecule is C[N+](C)(C)CC(CCC1CCCCC1)OP(=O)(O)O. The van der Waals surface area contributed by atoms with E-state index in [4.69, 9.17) is 14.3 Å². The van der Waals surface area contributed by atoms with Crippen molar-refractivity contribution in [2.24, 2.45) is 5.92 Å². The summed E-state index contributed by atoms with van der Waals surface area (Å²) in [5, 5.41) is 0. The van der Waals surface area contributed by atoms with E-state index in [1.807, 2.05) is 21.1 Å². The standard InChI is InChI=1S/C13H28NO4P/c1-14(2,3)11-13(18-19(15,16)17)10-9-12-7-5-4-6-8-12/h12-13H,4-11H2,1-3H3,(H-,15,16,17)/p+1. The van der Waals surface area contributed by atoms with Crippen LogP contribution in [0.5, 0.6) is 0 Å². The normalized spacial score (nSPS) is 20.5. The van der Waals surface area contributed by atoms with E-state index in [0.29, 0.717) is 16.9 Å². The summed E-state index contributed by atoms with van der Waals surface area (Å²) in [5.41, 5.74) is 0. The van der Waals surface area contributed by atoms with Crippen LogP contribution >= 0.6 is 7.82 Å². The second kappa shape index (κ2) is 7.19. The predicted molar refractivity (Wildman–Crippen MR) is 75.6 cm³/mol. The van der Waals surface area contributed by atoms with Gasteiger partial charge in [0.05, 0.1) is 21.1 Å². The fourth-order valence-corrected chi connectivity index (χ4v) is 3.44. The van der Waals surface area contributed by atoms with Crippen molar-refractivity contribution in [2.45, 2.75) is 51.0 Å². The Kier molecular flexibility index (Phi) is 6.48. The first-order valence-electron chi connectivity index (χ1n) is 7.20. The minimum Gasteiger partial charge on any atom is -0.329 e. The average Bonchev–Trinajstić information content (AvgIpc) is 2.23. The van der Waals surface area contributed by atoms with E-state index in [-0.39, 0.29) is 6.10 Å². The molecule has 0 aromatic rings. The lowest BCUT2D eigenvalue weighted by Gasteiger charge is -2.30. The Balaban J connectivity index is 2.45. The molecule has 0 aliphatic heterocycles.